The molecule has 1 aliphatic rings. The molecule has 1 fully saturated rings. The Hall–Kier alpha value is -2.39. The number of aromatic nitrogens is 2. The van der Waals surface area contributed by atoms with Crippen LogP contribution in [-0.2, 0) is 15.5 Å². The molecule has 2 aromatic heterocycles. The van der Waals surface area contributed by atoms with Crippen LogP contribution in [0.1, 0.15) is 26.3 Å². The maximum absolute atomic E-state index is 14.9. The van der Waals surface area contributed by atoms with E-state index in [1.165, 1.54) is 6.07 Å². The van der Waals surface area contributed by atoms with Crippen molar-refractivity contribution in [1.82, 2.24) is 15.3 Å². The predicted octanol–water partition coefficient (Wildman–Crippen LogP) is 4.50. The molecule has 1 saturated heterocycles. The van der Waals surface area contributed by atoms with E-state index in [-0.39, 0.29) is 11.6 Å². The number of nitrogens with one attached hydrogen (secondary N) is 3. The lowest BCUT2D eigenvalue weighted by Gasteiger charge is -2.50. The molecule has 1 atom stereocenters. The van der Waals surface area contributed by atoms with E-state index >= 15 is 0 Å². The van der Waals surface area contributed by atoms with Crippen molar-refractivity contribution in [3.8, 4) is 0 Å². The number of halogens is 2. The van der Waals surface area contributed by atoms with Crippen molar-refractivity contribution >= 4 is 54.1 Å². The topological polar surface area (TPSA) is 90.8 Å². The summed E-state index contributed by atoms with van der Waals surface area (Å²) in [7, 11) is -2.77. The van der Waals surface area contributed by atoms with Crippen LogP contribution in [0, 0.1) is 11.2 Å². The smallest absolute Gasteiger partial charge is 0.156 e. The maximum atomic E-state index is 14.9. The van der Waals surface area contributed by atoms with Crippen molar-refractivity contribution in [1.29, 1.82) is 5.41 Å². The normalized spacial score (nSPS) is 23.2. The molecule has 0 bridgehead atoms. The molecular weight excluding hydrogens is 481 g/mol. The Bertz CT molecular complexity index is 1260. The van der Waals surface area contributed by atoms with Crippen LogP contribution in [0.5, 0.6) is 0 Å². The zero-order valence-corrected chi connectivity index (χ0v) is 20.2. The van der Waals surface area contributed by atoms with Gasteiger partial charge in [0.25, 0.3) is 0 Å². The molecule has 0 radical (unpaired) electrons. The van der Waals surface area contributed by atoms with Crippen molar-refractivity contribution in [2.24, 2.45) is 0 Å². The molecule has 1 aliphatic heterocycles. The van der Waals surface area contributed by atoms with Gasteiger partial charge in [0.15, 0.2) is 5.82 Å². The van der Waals surface area contributed by atoms with Crippen LogP contribution in [0.4, 0.5) is 15.9 Å². The largest absolute Gasteiger partial charge is 0.363 e. The van der Waals surface area contributed by atoms with Gasteiger partial charge in [-0.05, 0) is 73.3 Å². The summed E-state index contributed by atoms with van der Waals surface area (Å²) >= 11 is 3.42. The molecule has 4 rings (SSSR count). The van der Waals surface area contributed by atoms with Gasteiger partial charge in [0, 0.05) is 39.3 Å². The Kier molecular flexibility index (Phi) is 5.17. The standard InChI is InChI=1S/C22H25BrFN5OS/c1-21(2)20(25)29-22(3,12-31(21,4)30)16-10-15(5-6-17(16)24)28-19-18-13(7-8-26-19)9-14(23)11-27-18/h5-11,31H,12H2,1-4H3,(H2,25,29)(H,26,28)/t22-/m0/s1. The van der Waals surface area contributed by atoms with E-state index in [0.717, 1.165) is 9.86 Å². The van der Waals surface area contributed by atoms with E-state index in [2.05, 4.69) is 36.5 Å². The first-order valence-electron chi connectivity index (χ1n) is 9.84. The summed E-state index contributed by atoms with van der Waals surface area (Å²) < 4.78 is 28.4. The summed E-state index contributed by atoms with van der Waals surface area (Å²) in [5, 5.41) is 15.7. The number of hydrogen-bond acceptors (Lipinski definition) is 5. The molecule has 3 aromatic rings. The zero-order valence-electron chi connectivity index (χ0n) is 17.8. The molecule has 6 nitrogen and oxygen atoms in total. The predicted molar refractivity (Wildman–Crippen MR) is 130 cm³/mol. The first-order valence-corrected chi connectivity index (χ1v) is 13.0. The minimum Gasteiger partial charge on any atom is -0.363 e. The first-order chi connectivity index (χ1) is 14.4. The molecule has 9 heteroatoms. The molecule has 0 unspecified atom stereocenters. The van der Waals surface area contributed by atoms with Crippen LogP contribution >= 0.6 is 15.9 Å². The molecule has 3 heterocycles. The summed E-state index contributed by atoms with van der Waals surface area (Å²) in [6.07, 6.45) is 5.08. The van der Waals surface area contributed by atoms with E-state index < -0.39 is 26.0 Å². The van der Waals surface area contributed by atoms with Gasteiger partial charge in [0.2, 0.25) is 0 Å². The lowest BCUT2D eigenvalue weighted by atomic mass is 9.91. The van der Waals surface area contributed by atoms with Crippen molar-refractivity contribution in [3.05, 3.63) is 58.6 Å². The van der Waals surface area contributed by atoms with Crippen LogP contribution in [0.2, 0.25) is 0 Å². The van der Waals surface area contributed by atoms with Gasteiger partial charge >= 0.3 is 0 Å². The zero-order chi connectivity index (χ0) is 22.6. The van der Waals surface area contributed by atoms with E-state index in [9.17, 15) is 8.60 Å². The Labute approximate surface area is 190 Å². The third-order valence-corrected chi connectivity index (χ3v) is 10.5. The average molecular weight is 506 g/mol. The summed E-state index contributed by atoms with van der Waals surface area (Å²) in [4.78, 5) is 8.83. The lowest BCUT2D eigenvalue weighted by molar-refractivity contribution is 0.433. The van der Waals surface area contributed by atoms with E-state index in [1.54, 1.807) is 51.6 Å². The summed E-state index contributed by atoms with van der Waals surface area (Å²) in [5.41, 5.74) is 0.718. The maximum Gasteiger partial charge on any atom is 0.156 e. The molecule has 0 spiro atoms. The molecule has 0 saturated carbocycles. The van der Waals surface area contributed by atoms with E-state index in [4.69, 9.17) is 5.41 Å². The van der Waals surface area contributed by atoms with Gasteiger partial charge in [-0.25, -0.2) is 9.37 Å². The monoisotopic (exact) mass is 505 g/mol. The molecule has 0 amide bonds. The molecule has 3 N–H and O–H groups in total. The number of rotatable bonds is 3. The summed E-state index contributed by atoms with van der Waals surface area (Å²) in [5.74, 6) is 0.549. The number of benzene rings is 1. The van der Waals surface area contributed by atoms with Crippen molar-refractivity contribution in [2.45, 2.75) is 31.1 Å². The quantitative estimate of drug-likeness (QED) is 0.393. The second-order valence-corrected chi connectivity index (χ2v) is 13.4. The Morgan fingerprint density at radius 3 is 2.68 bits per heavy atom. The summed E-state index contributed by atoms with van der Waals surface area (Å²) in [6, 6.07) is 8.51. The Balaban J connectivity index is 1.74. The molecule has 31 heavy (non-hydrogen) atoms. The third-order valence-electron chi connectivity index (χ3n) is 6.20. The number of fused-ring (bicyclic) bond motifs is 1. The number of anilines is 2. The van der Waals surface area contributed by atoms with Crippen molar-refractivity contribution in [3.63, 3.8) is 0 Å². The minimum atomic E-state index is -2.77. The second-order valence-electron chi connectivity index (χ2n) is 8.85. The third kappa shape index (κ3) is 3.74. The van der Waals surface area contributed by atoms with Crippen LogP contribution in [0.3, 0.4) is 0 Å². The van der Waals surface area contributed by atoms with Crippen LogP contribution in [-0.4, -0.2) is 36.8 Å². The van der Waals surface area contributed by atoms with Gasteiger partial charge in [-0.15, -0.1) is 0 Å². The molecule has 1 aromatic carbocycles. The van der Waals surface area contributed by atoms with Crippen LogP contribution < -0.4 is 10.6 Å². The number of pyridine rings is 2. The number of amidine groups is 1. The average Bonchev–Trinajstić information content (AvgIpc) is 2.67. The van der Waals surface area contributed by atoms with Crippen LogP contribution in [0.25, 0.3) is 10.9 Å². The van der Waals surface area contributed by atoms with Gasteiger partial charge in [-0.2, -0.15) is 0 Å². The highest BCUT2D eigenvalue weighted by molar-refractivity contribution is 9.10. The fourth-order valence-electron chi connectivity index (χ4n) is 3.95. The minimum absolute atomic E-state index is 0.162. The molecule has 0 aliphatic carbocycles. The van der Waals surface area contributed by atoms with E-state index in [1.807, 2.05) is 12.1 Å². The number of thiol groups is 1. The van der Waals surface area contributed by atoms with Gasteiger partial charge in [-0.1, -0.05) is 9.93 Å². The van der Waals surface area contributed by atoms with Gasteiger partial charge in [0.05, 0.1) is 10.3 Å². The second kappa shape index (κ2) is 7.34. The highest BCUT2D eigenvalue weighted by Crippen LogP contribution is 2.39. The number of nitrogens with zero attached hydrogens (tertiary/aromatic N) is 2. The first kappa shape index (κ1) is 21.8. The van der Waals surface area contributed by atoms with E-state index in [0.29, 0.717) is 22.6 Å². The molecule has 164 valence electrons. The highest BCUT2D eigenvalue weighted by Gasteiger charge is 2.48. The Morgan fingerprint density at radius 1 is 1.23 bits per heavy atom. The van der Waals surface area contributed by atoms with Gasteiger partial charge in [-0.3, -0.25) is 14.6 Å². The fraction of sp³-hybridized carbons (Fsp3) is 0.318. The molecular formula is C22H25BrFN5OS. The van der Waals surface area contributed by atoms with Crippen molar-refractivity contribution < 1.29 is 8.60 Å². The number of hydrogen-bond donors (Lipinski definition) is 4. The highest BCUT2D eigenvalue weighted by atomic mass is 79.9. The SMILES string of the molecule is CC1(C)C(=N)N[C@](C)(c2cc(Nc3nccc4cc(Br)cnc34)ccc2F)C[SH]1(C)=O. The van der Waals surface area contributed by atoms with Gasteiger partial charge in [0.1, 0.15) is 17.2 Å². The lowest BCUT2D eigenvalue weighted by Crippen LogP contribution is -2.66. The van der Waals surface area contributed by atoms with Crippen LogP contribution in [0.15, 0.2) is 47.2 Å². The fourth-order valence-corrected chi connectivity index (χ4v) is 6.68. The Morgan fingerprint density at radius 2 is 1.97 bits per heavy atom. The summed E-state index contributed by atoms with van der Waals surface area (Å²) in [6.45, 7) is 5.40. The van der Waals surface area contributed by atoms with Crippen molar-refractivity contribution in [2.75, 3.05) is 17.3 Å². The van der Waals surface area contributed by atoms with Gasteiger partial charge < -0.3 is 10.6 Å².